The monoisotopic (exact) mass is 294 g/mol. The van der Waals surface area contributed by atoms with Gasteiger partial charge in [-0.05, 0) is 29.8 Å². The molecule has 0 aromatic heterocycles. The summed E-state index contributed by atoms with van der Waals surface area (Å²) in [5.74, 6) is 0.206. The first kappa shape index (κ1) is 14.9. The average Bonchev–Trinajstić information content (AvgIpc) is 2.45. The Hall–Kier alpha value is -2.50. The average molecular weight is 294 g/mol. The zero-order valence-electron chi connectivity index (χ0n) is 10.9. The number of amidine groups is 1. The summed E-state index contributed by atoms with van der Waals surface area (Å²) in [5.41, 5.74) is 5.50. The molecule has 0 fully saturated rings. The van der Waals surface area contributed by atoms with Gasteiger partial charge in [0.15, 0.2) is 0 Å². The van der Waals surface area contributed by atoms with Gasteiger partial charge in [-0.2, -0.15) is 13.2 Å². The number of nitrogens with two attached hydrogens (primary N) is 1. The summed E-state index contributed by atoms with van der Waals surface area (Å²) in [6.07, 6.45) is -4.38. The van der Waals surface area contributed by atoms with Crippen molar-refractivity contribution in [3.8, 4) is 5.75 Å². The van der Waals surface area contributed by atoms with E-state index in [9.17, 15) is 13.2 Å². The Labute approximate surface area is 119 Å². The van der Waals surface area contributed by atoms with E-state index in [1.54, 1.807) is 30.3 Å². The van der Waals surface area contributed by atoms with Gasteiger partial charge >= 0.3 is 6.18 Å². The molecule has 0 radical (unpaired) electrons. The topological polar surface area (TPSA) is 59.1 Å². The van der Waals surface area contributed by atoms with E-state index in [0.29, 0.717) is 16.9 Å². The normalized spacial score (nSPS) is 11.2. The first-order valence-corrected chi connectivity index (χ1v) is 6.10. The molecule has 21 heavy (non-hydrogen) atoms. The fourth-order valence-corrected chi connectivity index (χ4v) is 1.81. The first-order valence-electron chi connectivity index (χ1n) is 6.10. The lowest BCUT2D eigenvalue weighted by Crippen LogP contribution is -2.13. The molecule has 0 amide bonds. The summed E-state index contributed by atoms with van der Waals surface area (Å²) in [6.45, 7) is -0.0335. The second kappa shape index (κ2) is 5.87. The summed E-state index contributed by atoms with van der Waals surface area (Å²) >= 11 is 0. The van der Waals surface area contributed by atoms with Crippen molar-refractivity contribution in [2.45, 2.75) is 12.8 Å². The van der Waals surface area contributed by atoms with Crippen LogP contribution in [-0.2, 0) is 12.8 Å². The van der Waals surface area contributed by atoms with Crippen LogP contribution in [0.3, 0.4) is 0 Å². The number of nitrogens with one attached hydrogen (secondary N) is 1. The van der Waals surface area contributed by atoms with Crippen LogP contribution in [0.5, 0.6) is 5.75 Å². The highest BCUT2D eigenvalue weighted by molar-refractivity contribution is 5.97. The fourth-order valence-electron chi connectivity index (χ4n) is 1.81. The molecule has 0 aliphatic carbocycles. The second-order valence-corrected chi connectivity index (χ2v) is 4.40. The molecule has 2 aromatic carbocycles. The van der Waals surface area contributed by atoms with Crippen molar-refractivity contribution >= 4 is 5.84 Å². The lowest BCUT2D eigenvalue weighted by atomic mass is 10.1. The van der Waals surface area contributed by atoms with Gasteiger partial charge in [-0.25, -0.2) is 0 Å². The Balaban J connectivity index is 2.16. The standard InChI is InChI=1S/C15H13F3N2O/c16-15(17,18)11-5-3-4-10(8-11)9-21-13-7-2-1-6-12(13)14(19)20/h1-8H,9H2,(H3,19,20). The number of hydrogen-bond donors (Lipinski definition) is 2. The van der Waals surface area contributed by atoms with E-state index < -0.39 is 11.7 Å². The predicted octanol–water partition coefficient (Wildman–Crippen LogP) is 3.57. The lowest BCUT2D eigenvalue weighted by molar-refractivity contribution is -0.137. The van der Waals surface area contributed by atoms with Gasteiger partial charge in [-0.1, -0.05) is 24.3 Å². The molecule has 3 nitrogen and oxygen atoms in total. The van der Waals surface area contributed by atoms with Crippen molar-refractivity contribution in [3.63, 3.8) is 0 Å². The molecule has 0 heterocycles. The number of para-hydroxylation sites is 1. The Morgan fingerprint density at radius 1 is 1.10 bits per heavy atom. The smallest absolute Gasteiger partial charge is 0.416 e. The van der Waals surface area contributed by atoms with Crippen LogP contribution in [0.15, 0.2) is 48.5 Å². The molecule has 0 spiro atoms. The van der Waals surface area contributed by atoms with Crippen molar-refractivity contribution in [1.82, 2.24) is 0 Å². The van der Waals surface area contributed by atoms with E-state index in [4.69, 9.17) is 15.9 Å². The van der Waals surface area contributed by atoms with E-state index >= 15 is 0 Å². The summed E-state index contributed by atoms with van der Waals surface area (Å²) in [5, 5.41) is 7.42. The second-order valence-electron chi connectivity index (χ2n) is 4.40. The van der Waals surface area contributed by atoms with Gasteiger partial charge in [0.25, 0.3) is 0 Å². The number of rotatable bonds is 4. The van der Waals surface area contributed by atoms with Crippen molar-refractivity contribution in [3.05, 3.63) is 65.2 Å². The molecule has 0 saturated carbocycles. The van der Waals surface area contributed by atoms with Gasteiger partial charge < -0.3 is 10.5 Å². The van der Waals surface area contributed by atoms with Crippen LogP contribution in [0.1, 0.15) is 16.7 Å². The van der Waals surface area contributed by atoms with Crippen LogP contribution >= 0.6 is 0 Å². The molecule has 2 rings (SSSR count). The Morgan fingerprint density at radius 3 is 2.48 bits per heavy atom. The largest absolute Gasteiger partial charge is 0.488 e. The Morgan fingerprint density at radius 2 is 1.81 bits per heavy atom. The zero-order valence-corrected chi connectivity index (χ0v) is 10.9. The molecule has 0 atom stereocenters. The van der Waals surface area contributed by atoms with E-state index in [0.717, 1.165) is 12.1 Å². The maximum Gasteiger partial charge on any atom is 0.416 e. The molecular weight excluding hydrogens is 281 g/mol. The third kappa shape index (κ3) is 3.75. The summed E-state index contributed by atoms with van der Waals surface area (Å²) in [4.78, 5) is 0. The number of benzene rings is 2. The summed E-state index contributed by atoms with van der Waals surface area (Å²) < 4.78 is 43.3. The Kier molecular flexibility index (Phi) is 4.16. The number of ether oxygens (including phenoxy) is 1. The SMILES string of the molecule is N=C(N)c1ccccc1OCc1cccc(C(F)(F)F)c1. The van der Waals surface area contributed by atoms with E-state index in [-0.39, 0.29) is 12.4 Å². The quantitative estimate of drug-likeness (QED) is 0.669. The van der Waals surface area contributed by atoms with Gasteiger partial charge in [0.1, 0.15) is 18.2 Å². The van der Waals surface area contributed by atoms with Crippen LogP contribution in [0.4, 0.5) is 13.2 Å². The highest BCUT2D eigenvalue weighted by Gasteiger charge is 2.30. The van der Waals surface area contributed by atoms with Crippen LogP contribution in [-0.4, -0.2) is 5.84 Å². The minimum Gasteiger partial charge on any atom is -0.488 e. The molecule has 0 unspecified atom stereocenters. The zero-order chi connectivity index (χ0) is 15.5. The lowest BCUT2D eigenvalue weighted by Gasteiger charge is -2.12. The molecule has 2 aromatic rings. The van der Waals surface area contributed by atoms with Crippen LogP contribution < -0.4 is 10.5 Å². The van der Waals surface area contributed by atoms with Gasteiger partial charge in [0.2, 0.25) is 0 Å². The highest BCUT2D eigenvalue weighted by atomic mass is 19.4. The summed E-state index contributed by atoms with van der Waals surface area (Å²) in [6, 6.07) is 11.6. The molecule has 0 bridgehead atoms. The third-order valence-electron chi connectivity index (χ3n) is 2.83. The van der Waals surface area contributed by atoms with Gasteiger partial charge in [0, 0.05) is 0 Å². The number of halogens is 3. The maximum atomic E-state index is 12.6. The minimum atomic E-state index is -4.38. The van der Waals surface area contributed by atoms with Gasteiger partial charge in [-0.15, -0.1) is 0 Å². The van der Waals surface area contributed by atoms with E-state index in [1.165, 1.54) is 6.07 Å². The first-order chi connectivity index (χ1) is 9.88. The molecular formula is C15H13F3N2O. The molecule has 0 saturated heterocycles. The van der Waals surface area contributed by atoms with Gasteiger partial charge in [0.05, 0.1) is 11.1 Å². The molecule has 110 valence electrons. The Bertz CT molecular complexity index is 653. The van der Waals surface area contributed by atoms with Crippen LogP contribution in [0, 0.1) is 5.41 Å². The van der Waals surface area contributed by atoms with E-state index in [1.807, 2.05) is 0 Å². The maximum absolute atomic E-state index is 12.6. The third-order valence-corrected chi connectivity index (χ3v) is 2.83. The van der Waals surface area contributed by atoms with Gasteiger partial charge in [-0.3, -0.25) is 5.41 Å². The number of hydrogen-bond acceptors (Lipinski definition) is 2. The number of nitrogen functional groups attached to an aromatic ring is 1. The van der Waals surface area contributed by atoms with Crippen molar-refractivity contribution in [1.29, 1.82) is 5.41 Å². The van der Waals surface area contributed by atoms with Crippen molar-refractivity contribution < 1.29 is 17.9 Å². The molecule has 0 aliphatic rings. The van der Waals surface area contributed by atoms with Crippen molar-refractivity contribution in [2.24, 2.45) is 5.73 Å². The van der Waals surface area contributed by atoms with Crippen molar-refractivity contribution in [2.75, 3.05) is 0 Å². The molecule has 3 N–H and O–H groups in total. The van der Waals surface area contributed by atoms with E-state index in [2.05, 4.69) is 0 Å². The fraction of sp³-hybridized carbons (Fsp3) is 0.133. The van der Waals surface area contributed by atoms with Crippen LogP contribution in [0.25, 0.3) is 0 Å². The molecule has 0 aliphatic heterocycles. The van der Waals surface area contributed by atoms with Crippen LogP contribution in [0.2, 0.25) is 0 Å². The predicted molar refractivity (Wildman–Crippen MR) is 73.2 cm³/mol. The molecule has 6 heteroatoms. The highest BCUT2D eigenvalue weighted by Crippen LogP contribution is 2.29. The summed E-state index contributed by atoms with van der Waals surface area (Å²) in [7, 11) is 0. The minimum absolute atomic E-state index is 0.0335. The number of alkyl halides is 3.